The number of amides is 3. The summed E-state index contributed by atoms with van der Waals surface area (Å²) in [5.41, 5.74) is 2.58. The number of imide groups is 1. The SMILES string of the molecule is CCCOC(=O)c1ccccc1NC(=O)c1cccc(NC2=C(Cl)C(=O)N(c3ccc(CC)cc3)C2=O)c1. The number of ether oxygens (including phenoxy) is 1. The van der Waals surface area contributed by atoms with Crippen LogP contribution in [0.3, 0.4) is 0 Å². The van der Waals surface area contributed by atoms with E-state index >= 15 is 0 Å². The highest BCUT2D eigenvalue weighted by Crippen LogP contribution is 2.30. The lowest BCUT2D eigenvalue weighted by atomic mass is 10.1. The van der Waals surface area contributed by atoms with Crippen LogP contribution in [0.5, 0.6) is 0 Å². The molecule has 0 radical (unpaired) electrons. The van der Waals surface area contributed by atoms with Crippen LogP contribution in [0.25, 0.3) is 0 Å². The van der Waals surface area contributed by atoms with Gasteiger partial charge in [-0.25, -0.2) is 9.69 Å². The average Bonchev–Trinajstić information content (AvgIpc) is 3.15. The number of hydrogen-bond acceptors (Lipinski definition) is 6. The predicted molar refractivity (Wildman–Crippen MR) is 146 cm³/mol. The summed E-state index contributed by atoms with van der Waals surface area (Å²) in [7, 11) is 0. The van der Waals surface area contributed by atoms with Crippen molar-refractivity contribution >= 4 is 52.4 Å². The minimum absolute atomic E-state index is 0.0854. The fourth-order valence-electron chi connectivity index (χ4n) is 3.85. The number of carbonyl (C=O) groups is 4. The van der Waals surface area contributed by atoms with Crippen LogP contribution in [0.4, 0.5) is 17.1 Å². The molecule has 0 aromatic heterocycles. The van der Waals surface area contributed by atoms with Crippen molar-refractivity contribution in [1.82, 2.24) is 0 Å². The average molecular weight is 532 g/mol. The zero-order chi connectivity index (χ0) is 27.2. The van der Waals surface area contributed by atoms with E-state index in [1.54, 1.807) is 54.6 Å². The molecule has 1 aliphatic heterocycles. The van der Waals surface area contributed by atoms with Gasteiger partial charge in [-0.1, -0.05) is 55.8 Å². The number of hydrogen-bond donors (Lipinski definition) is 2. The number of rotatable bonds is 9. The smallest absolute Gasteiger partial charge is 0.340 e. The molecule has 4 rings (SSSR count). The second kappa shape index (κ2) is 11.7. The van der Waals surface area contributed by atoms with E-state index in [9.17, 15) is 19.2 Å². The van der Waals surface area contributed by atoms with E-state index in [-0.39, 0.29) is 28.5 Å². The zero-order valence-corrected chi connectivity index (χ0v) is 21.7. The van der Waals surface area contributed by atoms with Crippen LogP contribution in [0.1, 0.15) is 46.5 Å². The zero-order valence-electron chi connectivity index (χ0n) is 20.9. The van der Waals surface area contributed by atoms with Crippen molar-refractivity contribution in [1.29, 1.82) is 0 Å². The van der Waals surface area contributed by atoms with E-state index in [1.807, 2.05) is 26.0 Å². The molecule has 0 fully saturated rings. The summed E-state index contributed by atoms with van der Waals surface area (Å²) in [5.74, 6) is -2.24. The number of nitrogens with one attached hydrogen (secondary N) is 2. The van der Waals surface area contributed by atoms with Gasteiger partial charge in [0.2, 0.25) is 0 Å². The Morgan fingerprint density at radius 1 is 0.921 bits per heavy atom. The molecule has 3 amide bonds. The molecule has 3 aromatic carbocycles. The summed E-state index contributed by atoms with van der Waals surface area (Å²) >= 11 is 6.25. The second-order valence-corrected chi connectivity index (χ2v) is 8.87. The molecule has 0 bridgehead atoms. The lowest BCUT2D eigenvalue weighted by Crippen LogP contribution is -2.32. The van der Waals surface area contributed by atoms with E-state index in [2.05, 4.69) is 10.6 Å². The number of carbonyl (C=O) groups excluding carboxylic acids is 4. The normalized spacial score (nSPS) is 13.1. The van der Waals surface area contributed by atoms with Crippen LogP contribution in [-0.2, 0) is 20.7 Å². The summed E-state index contributed by atoms with van der Waals surface area (Å²) in [6.07, 6.45) is 1.50. The van der Waals surface area contributed by atoms with E-state index < -0.39 is 23.7 Å². The molecule has 1 aliphatic rings. The molecule has 1 heterocycles. The Bertz CT molecular complexity index is 1430. The first-order valence-electron chi connectivity index (χ1n) is 12.2. The van der Waals surface area contributed by atoms with E-state index in [0.717, 1.165) is 16.9 Å². The second-order valence-electron chi connectivity index (χ2n) is 8.50. The number of para-hydroxylation sites is 1. The lowest BCUT2D eigenvalue weighted by molar-refractivity contribution is -0.120. The first-order chi connectivity index (χ1) is 18.3. The topological polar surface area (TPSA) is 105 Å². The Morgan fingerprint density at radius 2 is 1.66 bits per heavy atom. The molecule has 0 aliphatic carbocycles. The maximum Gasteiger partial charge on any atom is 0.340 e. The van der Waals surface area contributed by atoms with Crippen molar-refractivity contribution in [3.63, 3.8) is 0 Å². The van der Waals surface area contributed by atoms with Crippen molar-refractivity contribution in [2.75, 3.05) is 22.1 Å². The number of nitrogens with zero attached hydrogens (tertiary/aromatic N) is 1. The van der Waals surface area contributed by atoms with Crippen molar-refractivity contribution < 1.29 is 23.9 Å². The molecule has 9 heteroatoms. The van der Waals surface area contributed by atoms with Crippen molar-refractivity contribution in [2.45, 2.75) is 26.7 Å². The molecule has 0 atom stereocenters. The van der Waals surface area contributed by atoms with Gasteiger partial charge in [0.05, 0.1) is 23.5 Å². The van der Waals surface area contributed by atoms with Gasteiger partial charge < -0.3 is 15.4 Å². The Balaban J connectivity index is 1.51. The van der Waals surface area contributed by atoms with Gasteiger partial charge in [0.15, 0.2) is 0 Å². The van der Waals surface area contributed by atoms with Gasteiger partial charge in [-0.3, -0.25) is 14.4 Å². The van der Waals surface area contributed by atoms with E-state index in [1.165, 1.54) is 6.07 Å². The highest BCUT2D eigenvalue weighted by Gasteiger charge is 2.39. The Labute approximate surface area is 225 Å². The number of halogens is 1. The minimum atomic E-state index is -0.635. The highest BCUT2D eigenvalue weighted by atomic mass is 35.5. The third kappa shape index (κ3) is 5.60. The molecule has 8 nitrogen and oxygen atoms in total. The van der Waals surface area contributed by atoms with Crippen LogP contribution >= 0.6 is 11.6 Å². The molecular weight excluding hydrogens is 506 g/mol. The van der Waals surface area contributed by atoms with Crippen molar-refractivity contribution in [3.8, 4) is 0 Å². The Kier molecular flexibility index (Phi) is 8.23. The van der Waals surface area contributed by atoms with Crippen LogP contribution in [0, 0.1) is 0 Å². The van der Waals surface area contributed by atoms with Crippen LogP contribution < -0.4 is 15.5 Å². The molecule has 194 valence electrons. The first-order valence-corrected chi connectivity index (χ1v) is 12.5. The number of anilines is 3. The summed E-state index contributed by atoms with van der Waals surface area (Å²) in [6.45, 7) is 4.17. The predicted octanol–water partition coefficient (Wildman–Crippen LogP) is 5.50. The van der Waals surface area contributed by atoms with Crippen LogP contribution in [-0.4, -0.2) is 30.3 Å². The fourth-order valence-corrected chi connectivity index (χ4v) is 4.06. The molecule has 2 N–H and O–H groups in total. The highest BCUT2D eigenvalue weighted by molar-refractivity contribution is 6.53. The van der Waals surface area contributed by atoms with Gasteiger partial charge >= 0.3 is 5.97 Å². The van der Waals surface area contributed by atoms with Gasteiger partial charge in [0.25, 0.3) is 17.7 Å². The largest absolute Gasteiger partial charge is 0.462 e. The van der Waals surface area contributed by atoms with E-state index in [4.69, 9.17) is 16.3 Å². The molecular formula is C29H26ClN3O5. The number of benzene rings is 3. The van der Waals surface area contributed by atoms with Crippen LogP contribution in [0.2, 0.25) is 0 Å². The van der Waals surface area contributed by atoms with Gasteiger partial charge in [0.1, 0.15) is 10.7 Å². The van der Waals surface area contributed by atoms with E-state index in [0.29, 0.717) is 23.5 Å². The summed E-state index contributed by atoms with van der Waals surface area (Å²) < 4.78 is 5.20. The quantitative estimate of drug-likeness (QED) is 0.279. The molecule has 0 unspecified atom stereocenters. The number of aryl methyl sites for hydroxylation is 1. The third-order valence-corrected chi connectivity index (χ3v) is 6.21. The van der Waals surface area contributed by atoms with Crippen LogP contribution in [0.15, 0.2) is 83.5 Å². The Morgan fingerprint density at radius 3 is 2.37 bits per heavy atom. The molecule has 38 heavy (non-hydrogen) atoms. The molecule has 0 spiro atoms. The molecule has 0 saturated heterocycles. The maximum absolute atomic E-state index is 13.1. The summed E-state index contributed by atoms with van der Waals surface area (Å²) in [4.78, 5) is 52.3. The molecule has 0 saturated carbocycles. The fraction of sp³-hybridized carbons (Fsp3) is 0.172. The minimum Gasteiger partial charge on any atom is -0.462 e. The monoisotopic (exact) mass is 531 g/mol. The van der Waals surface area contributed by atoms with Gasteiger partial charge in [-0.2, -0.15) is 0 Å². The molecule has 3 aromatic rings. The lowest BCUT2D eigenvalue weighted by Gasteiger charge is -2.15. The van der Waals surface area contributed by atoms with Gasteiger partial charge in [-0.05, 0) is 60.9 Å². The van der Waals surface area contributed by atoms with Crippen molar-refractivity contribution in [3.05, 3.63) is 100 Å². The third-order valence-electron chi connectivity index (χ3n) is 5.86. The Hall–Kier alpha value is -4.43. The maximum atomic E-state index is 13.1. The van der Waals surface area contributed by atoms with Crippen molar-refractivity contribution in [2.24, 2.45) is 0 Å². The summed E-state index contributed by atoms with van der Waals surface area (Å²) in [5, 5.41) is 5.37. The number of esters is 1. The summed E-state index contributed by atoms with van der Waals surface area (Å²) in [6, 6.07) is 20.0. The first kappa shape index (κ1) is 26.6. The van der Waals surface area contributed by atoms with Gasteiger partial charge in [0, 0.05) is 11.3 Å². The standard InChI is InChI=1S/C29H26ClN3O5/c1-3-16-38-29(37)22-10-5-6-11-23(22)32-26(34)19-8-7-9-20(17-19)31-25-24(30)27(35)33(28(25)36)21-14-12-18(4-2)13-15-21/h5-15,17,31H,3-4,16H2,1-2H3,(H,32,34). The van der Waals surface area contributed by atoms with Gasteiger partial charge in [-0.15, -0.1) is 0 Å².